The quantitative estimate of drug-likeness (QED) is 0.550. The Kier molecular flexibility index (Phi) is 4.78. The van der Waals surface area contributed by atoms with Crippen molar-refractivity contribution < 1.29 is 19.1 Å². The zero-order valence-corrected chi connectivity index (χ0v) is 7.94. The molecule has 4 nitrogen and oxygen atoms in total. The van der Waals surface area contributed by atoms with Gasteiger partial charge in [-0.25, -0.2) is 0 Å². The molecule has 0 atom stereocenters. The van der Waals surface area contributed by atoms with Crippen molar-refractivity contribution in [1.29, 1.82) is 0 Å². The predicted octanol–water partition coefficient (Wildman–Crippen LogP) is 1.14. The number of furan rings is 1. The van der Waals surface area contributed by atoms with Gasteiger partial charge in [-0.05, 0) is 12.1 Å². The lowest BCUT2D eigenvalue weighted by Gasteiger charge is -2.01. The molecule has 4 heteroatoms. The van der Waals surface area contributed by atoms with E-state index in [9.17, 15) is 4.79 Å². The average Bonchev–Trinajstić information content (AvgIpc) is 2.68. The van der Waals surface area contributed by atoms with Crippen molar-refractivity contribution in [3.63, 3.8) is 0 Å². The molecule has 0 radical (unpaired) electrons. The molecule has 1 rings (SSSR count). The van der Waals surface area contributed by atoms with Crippen LogP contribution in [0.2, 0.25) is 0 Å². The van der Waals surface area contributed by atoms with Crippen LogP contribution in [0.1, 0.15) is 18.6 Å². The van der Waals surface area contributed by atoms with Gasteiger partial charge < -0.3 is 14.3 Å². The number of rotatable bonds is 6. The molecule has 1 N–H and O–H groups in total. The highest BCUT2D eigenvalue weighted by atomic mass is 16.5. The van der Waals surface area contributed by atoms with E-state index in [2.05, 4.69) is 0 Å². The summed E-state index contributed by atoms with van der Waals surface area (Å²) in [4.78, 5) is 11.1. The first-order chi connectivity index (χ1) is 6.83. The Bertz CT molecular complexity index is 253. The van der Waals surface area contributed by atoms with Crippen molar-refractivity contribution in [3.8, 4) is 0 Å². The number of aliphatic hydroxyl groups excluding tert-OH is 1. The van der Waals surface area contributed by atoms with E-state index in [-0.39, 0.29) is 19.2 Å². The lowest BCUT2D eigenvalue weighted by Crippen LogP contribution is -2.07. The van der Waals surface area contributed by atoms with Crippen LogP contribution in [0.3, 0.4) is 0 Å². The molecule has 0 aromatic carbocycles. The maximum absolute atomic E-state index is 11.1. The number of ether oxygens (including phenoxy) is 1. The van der Waals surface area contributed by atoms with Gasteiger partial charge in [0.15, 0.2) is 0 Å². The van der Waals surface area contributed by atoms with Gasteiger partial charge in [0.25, 0.3) is 0 Å². The first kappa shape index (κ1) is 10.8. The van der Waals surface area contributed by atoms with Crippen LogP contribution >= 0.6 is 0 Å². The maximum atomic E-state index is 11.1. The third-order valence-electron chi connectivity index (χ3n) is 1.72. The minimum absolute atomic E-state index is 0.0471. The number of esters is 1. The number of carbonyl (C=O) groups is 1. The second kappa shape index (κ2) is 6.21. The summed E-state index contributed by atoms with van der Waals surface area (Å²) in [5.74, 6) is 0.527. The van der Waals surface area contributed by atoms with Crippen LogP contribution in [0.4, 0.5) is 0 Å². The molecule has 1 aromatic heterocycles. The lowest BCUT2D eigenvalue weighted by atomic mass is 10.2. The summed E-state index contributed by atoms with van der Waals surface area (Å²) in [6.45, 7) is 0.332. The molecule has 14 heavy (non-hydrogen) atoms. The van der Waals surface area contributed by atoms with Gasteiger partial charge in [-0.15, -0.1) is 0 Å². The summed E-state index contributed by atoms with van der Waals surface area (Å²) >= 11 is 0. The summed E-state index contributed by atoms with van der Waals surface area (Å²) < 4.78 is 9.90. The molecule has 0 bridgehead atoms. The number of aliphatic hydroxyl groups is 1. The molecule has 0 spiro atoms. The van der Waals surface area contributed by atoms with Crippen molar-refractivity contribution >= 4 is 5.97 Å². The van der Waals surface area contributed by atoms with Crippen LogP contribution < -0.4 is 0 Å². The van der Waals surface area contributed by atoms with E-state index in [1.165, 1.54) is 0 Å². The highest BCUT2D eigenvalue weighted by Gasteiger charge is 2.04. The van der Waals surface area contributed by atoms with E-state index in [0.717, 1.165) is 5.76 Å². The van der Waals surface area contributed by atoms with Crippen LogP contribution in [-0.4, -0.2) is 24.3 Å². The fourth-order valence-electron chi connectivity index (χ4n) is 1.00. The number of hydrogen-bond donors (Lipinski definition) is 1. The van der Waals surface area contributed by atoms with Gasteiger partial charge in [0.1, 0.15) is 5.76 Å². The number of carbonyl (C=O) groups excluding carboxylic acids is 1. The minimum Gasteiger partial charge on any atom is -0.469 e. The fraction of sp³-hybridized carbons (Fsp3) is 0.500. The molecule has 0 saturated carbocycles. The monoisotopic (exact) mass is 198 g/mol. The smallest absolute Gasteiger partial charge is 0.306 e. The standard InChI is InChI=1S/C10H14O4/c11-6-2-8-14-10(12)5-4-9-3-1-7-13-9/h1,3,7,11H,2,4-6,8H2. The topological polar surface area (TPSA) is 59.7 Å². The van der Waals surface area contributed by atoms with E-state index < -0.39 is 0 Å². The predicted molar refractivity (Wildman–Crippen MR) is 49.7 cm³/mol. The largest absolute Gasteiger partial charge is 0.469 e. The van der Waals surface area contributed by atoms with Gasteiger partial charge in [-0.3, -0.25) is 4.79 Å². The Morgan fingerprint density at radius 2 is 2.43 bits per heavy atom. The maximum Gasteiger partial charge on any atom is 0.306 e. The highest BCUT2D eigenvalue weighted by molar-refractivity contribution is 5.69. The second-order valence-corrected chi connectivity index (χ2v) is 2.88. The fourth-order valence-corrected chi connectivity index (χ4v) is 1.00. The van der Waals surface area contributed by atoms with Crippen molar-refractivity contribution in [3.05, 3.63) is 24.2 Å². The molecule has 1 heterocycles. The van der Waals surface area contributed by atoms with Gasteiger partial charge >= 0.3 is 5.97 Å². The summed E-state index contributed by atoms with van der Waals surface area (Å²) in [6.07, 6.45) is 2.95. The Balaban J connectivity index is 2.09. The third kappa shape index (κ3) is 4.09. The highest BCUT2D eigenvalue weighted by Crippen LogP contribution is 2.04. The first-order valence-electron chi connectivity index (χ1n) is 4.62. The molecule has 0 unspecified atom stereocenters. The molecule has 0 amide bonds. The Morgan fingerprint density at radius 3 is 3.07 bits per heavy atom. The van der Waals surface area contributed by atoms with E-state index in [1.54, 1.807) is 12.3 Å². The summed E-state index contributed by atoms with van der Waals surface area (Å²) in [5, 5.41) is 8.45. The van der Waals surface area contributed by atoms with Gasteiger partial charge in [0, 0.05) is 19.4 Å². The van der Waals surface area contributed by atoms with Crippen LogP contribution in [0, 0.1) is 0 Å². The van der Waals surface area contributed by atoms with E-state index in [1.807, 2.05) is 6.07 Å². The van der Waals surface area contributed by atoms with Gasteiger partial charge in [0.05, 0.1) is 19.3 Å². The van der Waals surface area contributed by atoms with Gasteiger partial charge in [-0.1, -0.05) is 0 Å². The molecule has 78 valence electrons. The molecular formula is C10H14O4. The van der Waals surface area contributed by atoms with E-state index in [0.29, 0.717) is 19.3 Å². The lowest BCUT2D eigenvalue weighted by molar-refractivity contribution is -0.143. The third-order valence-corrected chi connectivity index (χ3v) is 1.72. The molecular weight excluding hydrogens is 184 g/mol. The van der Waals surface area contributed by atoms with Crippen LogP contribution in [0.5, 0.6) is 0 Å². The Hall–Kier alpha value is -1.29. The van der Waals surface area contributed by atoms with Crippen molar-refractivity contribution in [2.45, 2.75) is 19.3 Å². The van der Waals surface area contributed by atoms with Gasteiger partial charge in [0.2, 0.25) is 0 Å². The normalized spacial score (nSPS) is 10.1. The zero-order chi connectivity index (χ0) is 10.2. The molecule has 0 aliphatic carbocycles. The summed E-state index contributed by atoms with van der Waals surface area (Å²) in [7, 11) is 0. The first-order valence-corrected chi connectivity index (χ1v) is 4.62. The SMILES string of the molecule is O=C(CCc1ccco1)OCCCO. The van der Waals surface area contributed by atoms with Crippen LogP contribution in [0.25, 0.3) is 0 Å². The van der Waals surface area contributed by atoms with Crippen LogP contribution in [-0.2, 0) is 16.0 Å². The average molecular weight is 198 g/mol. The molecule has 0 aliphatic heterocycles. The van der Waals surface area contributed by atoms with E-state index in [4.69, 9.17) is 14.3 Å². The van der Waals surface area contributed by atoms with Crippen molar-refractivity contribution in [2.75, 3.05) is 13.2 Å². The Labute approximate surface area is 82.5 Å². The number of aryl methyl sites for hydroxylation is 1. The Morgan fingerprint density at radius 1 is 1.57 bits per heavy atom. The molecule has 0 fully saturated rings. The minimum atomic E-state index is -0.255. The van der Waals surface area contributed by atoms with Crippen molar-refractivity contribution in [2.24, 2.45) is 0 Å². The van der Waals surface area contributed by atoms with E-state index >= 15 is 0 Å². The second-order valence-electron chi connectivity index (χ2n) is 2.88. The molecule has 0 saturated heterocycles. The summed E-state index contributed by atoms with van der Waals surface area (Å²) in [5.41, 5.74) is 0. The molecule has 0 aliphatic rings. The van der Waals surface area contributed by atoms with Crippen molar-refractivity contribution in [1.82, 2.24) is 0 Å². The zero-order valence-electron chi connectivity index (χ0n) is 7.94. The van der Waals surface area contributed by atoms with Crippen LogP contribution in [0.15, 0.2) is 22.8 Å². The summed E-state index contributed by atoms with van der Waals surface area (Å²) in [6, 6.07) is 3.60. The van der Waals surface area contributed by atoms with Gasteiger partial charge in [-0.2, -0.15) is 0 Å². The molecule has 1 aromatic rings. The number of hydrogen-bond acceptors (Lipinski definition) is 4.